The van der Waals surface area contributed by atoms with E-state index in [4.69, 9.17) is 9.47 Å². The van der Waals surface area contributed by atoms with Crippen LogP contribution in [0, 0.1) is 0 Å². The lowest BCUT2D eigenvalue weighted by Gasteiger charge is -2.20. The summed E-state index contributed by atoms with van der Waals surface area (Å²) >= 11 is 0. The first-order chi connectivity index (χ1) is 16.8. The highest BCUT2D eigenvalue weighted by Gasteiger charge is 2.32. The number of ether oxygens (including phenoxy) is 2. The van der Waals surface area contributed by atoms with Crippen LogP contribution in [0.15, 0.2) is 72.9 Å². The van der Waals surface area contributed by atoms with Gasteiger partial charge in [-0.3, -0.25) is 4.98 Å². The predicted octanol–water partition coefficient (Wildman–Crippen LogP) is 5.61. The van der Waals surface area contributed by atoms with Crippen molar-refractivity contribution in [3.63, 3.8) is 0 Å². The Hall–Kier alpha value is -4.08. The highest BCUT2D eigenvalue weighted by Crippen LogP contribution is 2.30. The number of aromatic nitrogens is 1. The Bertz CT molecular complexity index is 1110. The molecule has 1 heterocycles. The van der Waals surface area contributed by atoms with Gasteiger partial charge in [0.2, 0.25) is 0 Å². The number of alkyl halides is 3. The Labute approximate surface area is 200 Å². The number of esters is 1. The fourth-order valence-electron chi connectivity index (χ4n) is 3.12. The quantitative estimate of drug-likeness (QED) is 0.383. The molecule has 2 amide bonds. The number of urea groups is 1. The monoisotopic (exact) mass is 487 g/mol. The van der Waals surface area contributed by atoms with Gasteiger partial charge < -0.3 is 20.1 Å². The normalized spacial score (nSPS) is 11.9. The molecule has 184 valence electrons. The Balaban J connectivity index is 1.69. The number of amides is 2. The van der Waals surface area contributed by atoms with E-state index in [1.54, 1.807) is 43.3 Å². The van der Waals surface area contributed by atoms with Gasteiger partial charge in [-0.05, 0) is 49.4 Å². The summed E-state index contributed by atoms with van der Waals surface area (Å²) < 4.78 is 49.7. The van der Waals surface area contributed by atoms with Gasteiger partial charge in [0.15, 0.2) is 0 Å². The van der Waals surface area contributed by atoms with Crippen molar-refractivity contribution in [1.82, 2.24) is 10.3 Å². The SMILES string of the molecule is CCOC(=O)c1ccc(OC(CCNC(=O)Nc2ccccc2)c2ccc(C(F)(F)F)nc2)cc1. The van der Waals surface area contributed by atoms with Gasteiger partial charge in [-0.15, -0.1) is 0 Å². The van der Waals surface area contributed by atoms with E-state index in [1.807, 2.05) is 6.07 Å². The number of pyridine rings is 1. The van der Waals surface area contributed by atoms with Crippen LogP contribution in [0.2, 0.25) is 0 Å². The third-order valence-electron chi connectivity index (χ3n) is 4.82. The van der Waals surface area contributed by atoms with Crippen LogP contribution in [0.3, 0.4) is 0 Å². The largest absolute Gasteiger partial charge is 0.486 e. The summed E-state index contributed by atoms with van der Waals surface area (Å²) in [4.78, 5) is 27.5. The predicted molar refractivity (Wildman–Crippen MR) is 123 cm³/mol. The van der Waals surface area contributed by atoms with Gasteiger partial charge in [0.05, 0.1) is 12.2 Å². The lowest BCUT2D eigenvalue weighted by molar-refractivity contribution is -0.141. The molecule has 2 N–H and O–H groups in total. The van der Waals surface area contributed by atoms with Crippen LogP contribution in [0.1, 0.15) is 41.1 Å². The minimum absolute atomic E-state index is 0.172. The first-order valence-corrected chi connectivity index (χ1v) is 10.8. The second-order valence-corrected chi connectivity index (χ2v) is 7.36. The molecule has 1 unspecified atom stereocenters. The molecule has 1 aromatic heterocycles. The molecule has 0 saturated carbocycles. The van der Waals surface area contributed by atoms with Crippen molar-refractivity contribution in [2.75, 3.05) is 18.5 Å². The van der Waals surface area contributed by atoms with Crippen molar-refractivity contribution in [1.29, 1.82) is 0 Å². The van der Waals surface area contributed by atoms with Gasteiger partial charge in [-0.25, -0.2) is 9.59 Å². The Morgan fingerprint density at radius 2 is 1.71 bits per heavy atom. The molecule has 3 aromatic rings. The first kappa shape index (κ1) is 25.5. The number of carbonyl (C=O) groups is 2. The van der Waals surface area contributed by atoms with Gasteiger partial charge in [-0.1, -0.05) is 24.3 Å². The molecule has 0 aliphatic rings. The van der Waals surface area contributed by atoms with E-state index in [9.17, 15) is 22.8 Å². The number of nitrogens with zero attached hydrogens (tertiary/aromatic N) is 1. The lowest BCUT2D eigenvalue weighted by atomic mass is 10.1. The molecule has 2 aromatic carbocycles. The third kappa shape index (κ3) is 7.73. The average Bonchev–Trinajstić information content (AvgIpc) is 2.84. The van der Waals surface area contributed by atoms with Crippen molar-refractivity contribution in [3.8, 4) is 5.75 Å². The molecule has 1 atom stereocenters. The minimum Gasteiger partial charge on any atom is -0.486 e. The molecular formula is C25H24F3N3O4. The number of nitrogens with one attached hydrogen (secondary N) is 2. The van der Waals surface area contributed by atoms with Crippen LogP contribution < -0.4 is 15.4 Å². The van der Waals surface area contributed by atoms with E-state index in [2.05, 4.69) is 15.6 Å². The van der Waals surface area contributed by atoms with Gasteiger partial charge >= 0.3 is 18.2 Å². The van der Waals surface area contributed by atoms with Crippen molar-refractivity contribution in [2.45, 2.75) is 25.6 Å². The van der Waals surface area contributed by atoms with Crippen molar-refractivity contribution in [2.24, 2.45) is 0 Å². The second-order valence-electron chi connectivity index (χ2n) is 7.36. The number of hydrogen-bond acceptors (Lipinski definition) is 5. The standard InChI is InChI=1S/C25H24F3N3O4/c1-2-34-23(32)17-8-11-20(12-9-17)35-21(18-10-13-22(30-16-18)25(26,27)28)14-15-29-24(33)31-19-6-4-3-5-7-19/h3-13,16,21H,2,14-15H2,1H3,(H2,29,31,33). The number of rotatable bonds is 9. The zero-order chi connectivity index (χ0) is 25.3. The molecule has 35 heavy (non-hydrogen) atoms. The van der Waals surface area contributed by atoms with E-state index < -0.39 is 30.0 Å². The summed E-state index contributed by atoms with van der Waals surface area (Å²) in [6.45, 7) is 2.11. The smallest absolute Gasteiger partial charge is 0.433 e. The average molecular weight is 487 g/mol. The molecule has 0 aliphatic heterocycles. The van der Waals surface area contributed by atoms with E-state index in [1.165, 1.54) is 18.2 Å². The molecule has 0 radical (unpaired) electrons. The Morgan fingerprint density at radius 1 is 1.00 bits per heavy atom. The van der Waals surface area contributed by atoms with Gasteiger partial charge in [0.1, 0.15) is 17.5 Å². The zero-order valence-corrected chi connectivity index (χ0v) is 18.8. The van der Waals surface area contributed by atoms with Crippen LogP contribution in [-0.4, -0.2) is 30.1 Å². The molecule has 3 rings (SSSR count). The summed E-state index contributed by atoms with van der Waals surface area (Å²) in [7, 11) is 0. The topological polar surface area (TPSA) is 89.5 Å². The van der Waals surface area contributed by atoms with E-state index in [0.29, 0.717) is 22.6 Å². The molecule has 0 aliphatic carbocycles. The van der Waals surface area contributed by atoms with Crippen LogP contribution in [0.4, 0.5) is 23.7 Å². The maximum atomic E-state index is 12.9. The summed E-state index contributed by atoms with van der Waals surface area (Å²) in [5, 5.41) is 5.38. The maximum Gasteiger partial charge on any atom is 0.433 e. The van der Waals surface area contributed by atoms with Crippen molar-refractivity contribution >= 4 is 17.7 Å². The van der Waals surface area contributed by atoms with Crippen molar-refractivity contribution in [3.05, 3.63) is 89.7 Å². The molecule has 10 heteroatoms. The van der Waals surface area contributed by atoms with Gasteiger partial charge in [0.25, 0.3) is 0 Å². The number of benzene rings is 2. The minimum atomic E-state index is -4.56. The Kier molecular flexibility index (Phi) is 8.66. The second kappa shape index (κ2) is 11.9. The summed E-state index contributed by atoms with van der Waals surface area (Å²) in [5.41, 5.74) is 0.342. The summed E-state index contributed by atoms with van der Waals surface area (Å²) in [6, 6.07) is 16.8. The highest BCUT2D eigenvalue weighted by atomic mass is 19.4. The lowest BCUT2D eigenvalue weighted by Crippen LogP contribution is -2.30. The van der Waals surface area contributed by atoms with E-state index in [-0.39, 0.29) is 19.6 Å². The van der Waals surface area contributed by atoms with Crippen LogP contribution in [0.5, 0.6) is 5.75 Å². The molecule has 0 bridgehead atoms. The number of para-hydroxylation sites is 1. The summed E-state index contributed by atoms with van der Waals surface area (Å²) in [6.07, 6.45) is -3.93. The van der Waals surface area contributed by atoms with Gasteiger partial charge in [-0.2, -0.15) is 13.2 Å². The van der Waals surface area contributed by atoms with Gasteiger partial charge in [0, 0.05) is 30.4 Å². The fraction of sp³-hybridized carbons (Fsp3) is 0.240. The molecule has 0 fully saturated rings. The van der Waals surface area contributed by atoms with Crippen LogP contribution in [-0.2, 0) is 10.9 Å². The maximum absolute atomic E-state index is 12.9. The Morgan fingerprint density at radius 3 is 2.31 bits per heavy atom. The third-order valence-corrected chi connectivity index (χ3v) is 4.82. The first-order valence-electron chi connectivity index (χ1n) is 10.8. The fourth-order valence-corrected chi connectivity index (χ4v) is 3.12. The zero-order valence-electron chi connectivity index (χ0n) is 18.8. The molecule has 0 saturated heterocycles. The van der Waals surface area contributed by atoms with E-state index >= 15 is 0 Å². The van der Waals surface area contributed by atoms with Crippen LogP contribution in [0.25, 0.3) is 0 Å². The van der Waals surface area contributed by atoms with Crippen LogP contribution >= 0.6 is 0 Å². The molecule has 0 spiro atoms. The van der Waals surface area contributed by atoms with E-state index in [0.717, 1.165) is 12.3 Å². The number of carbonyl (C=O) groups excluding carboxylic acids is 2. The number of anilines is 1. The summed E-state index contributed by atoms with van der Waals surface area (Å²) in [5.74, 6) is -0.0900. The molecule has 7 nitrogen and oxygen atoms in total. The number of halogens is 3. The highest BCUT2D eigenvalue weighted by molar-refractivity contribution is 5.89. The van der Waals surface area contributed by atoms with Crippen molar-refractivity contribution < 1.29 is 32.2 Å². The molecular weight excluding hydrogens is 463 g/mol. The number of hydrogen-bond donors (Lipinski definition) is 2.